The molecule has 2 nitrogen and oxygen atoms in total. The zero-order valence-electron chi connectivity index (χ0n) is 9.74. The van der Waals surface area contributed by atoms with Crippen molar-refractivity contribution in [1.82, 2.24) is 0 Å². The minimum Gasteiger partial charge on any atom is -0.368 e. The smallest absolute Gasteiger partial charge is 0.170 e. The van der Waals surface area contributed by atoms with Crippen molar-refractivity contribution in [3.8, 4) is 0 Å². The number of fused-ring (bicyclic) bond motifs is 1. The van der Waals surface area contributed by atoms with Crippen LogP contribution in [0, 0.1) is 5.92 Å². The quantitative estimate of drug-likeness (QED) is 0.646. The number of rotatable bonds is 0. The number of carbonyl (C=O) groups is 1. The fourth-order valence-corrected chi connectivity index (χ4v) is 2.13. The van der Waals surface area contributed by atoms with Crippen molar-refractivity contribution in [3.05, 3.63) is 29.8 Å². The van der Waals surface area contributed by atoms with Crippen LogP contribution in [-0.4, -0.2) is 18.4 Å². The SMILES string of the molecule is CC1C(=O)c2ccccc2N(C)C1(C)C. The van der Waals surface area contributed by atoms with Gasteiger partial charge in [0.2, 0.25) is 0 Å². The van der Waals surface area contributed by atoms with Gasteiger partial charge in [0.05, 0.1) is 0 Å². The standard InChI is InChI=1S/C13H17NO/c1-9-12(15)10-7-5-6-8-11(10)14(4)13(9,2)3/h5-9H,1-4H3. The van der Waals surface area contributed by atoms with Crippen LogP contribution in [0.15, 0.2) is 24.3 Å². The fraction of sp³-hybridized carbons (Fsp3) is 0.462. The molecule has 0 aliphatic carbocycles. The molecule has 0 saturated carbocycles. The fourth-order valence-electron chi connectivity index (χ4n) is 2.13. The molecule has 0 spiro atoms. The number of nitrogens with zero attached hydrogens (tertiary/aromatic N) is 1. The summed E-state index contributed by atoms with van der Waals surface area (Å²) in [6, 6.07) is 7.84. The van der Waals surface area contributed by atoms with E-state index >= 15 is 0 Å². The monoisotopic (exact) mass is 203 g/mol. The predicted molar refractivity (Wildman–Crippen MR) is 62.4 cm³/mol. The van der Waals surface area contributed by atoms with E-state index in [1.807, 2.05) is 31.2 Å². The molecule has 0 radical (unpaired) electrons. The lowest BCUT2D eigenvalue weighted by molar-refractivity contribution is 0.0866. The molecule has 2 heteroatoms. The van der Waals surface area contributed by atoms with E-state index in [4.69, 9.17) is 0 Å². The molecule has 1 heterocycles. The summed E-state index contributed by atoms with van der Waals surface area (Å²) in [6.45, 7) is 6.24. The predicted octanol–water partition coefficient (Wildman–Crippen LogP) is 2.73. The maximum Gasteiger partial charge on any atom is 0.170 e. The van der Waals surface area contributed by atoms with E-state index in [1.54, 1.807) is 0 Å². The first-order valence-corrected chi connectivity index (χ1v) is 5.33. The zero-order valence-corrected chi connectivity index (χ0v) is 9.74. The first-order valence-electron chi connectivity index (χ1n) is 5.33. The van der Waals surface area contributed by atoms with Gasteiger partial charge >= 0.3 is 0 Å². The average molecular weight is 203 g/mol. The number of para-hydroxylation sites is 1. The normalized spacial score (nSPS) is 23.9. The van der Waals surface area contributed by atoms with E-state index < -0.39 is 0 Å². The molecule has 1 aromatic rings. The van der Waals surface area contributed by atoms with Crippen LogP contribution >= 0.6 is 0 Å². The number of hydrogen-bond donors (Lipinski definition) is 0. The third-order valence-electron chi connectivity index (χ3n) is 3.85. The van der Waals surface area contributed by atoms with Crippen LogP contribution in [0.4, 0.5) is 5.69 Å². The lowest BCUT2D eigenvalue weighted by Gasteiger charge is -2.46. The highest BCUT2D eigenvalue weighted by Crippen LogP contribution is 2.38. The Kier molecular flexibility index (Phi) is 2.10. The van der Waals surface area contributed by atoms with Crippen LogP contribution in [0.2, 0.25) is 0 Å². The number of benzene rings is 1. The molecule has 80 valence electrons. The molecule has 1 unspecified atom stereocenters. The number of ketones is 1. The molecular formula is C13H17NO. The summed E-state index contributed by atoms with van der Waals surface area (Å²) >= 11 is 0. The topological polar surface area (TPSA) is 20.3 Å². The van der Waals surface area contributed by atoms with Gasteiger partial charge in [-0.15, -0.1) is 0 Å². The van der Waals surface area contributed by atoms with Gasteiger partial charge in [-0.3, -0.25) is 4.79 Å². The van der Waals surface area contributed by atoms with Crippen LogP contribution < -0.4 is 4.90 Å². The Hall–Kier alpha value is -1.31. The van der Waals surface area contributed by atoms with Crippen LogP contribution in [-0.2, 0) is 0 Å². The molecule has 15 heavy (non-hydrogen) atoms. The third kappa shape index (κ3) is 1.28. The van der Waals surface area contributed by atoms with Crippen LogP contribution in [0.3, 0.4) is 0 Å². The summed E-state index contributed by atoms with van der Waals surface area (Å²) < 4.78 is 0. The summed E-state index contributed by atoms with van der Waals surface area (Å²) in [6.07, 6.45) is 0. The Morgan fingerprint density at radius 3 is 2.53 bits per heavy atom. The Morgan fingerprint density at radius 2 is 1.87 bits per heavy atom. The minimum atomic E-state index is -0.106. The Labute approximate surface area is 90.9 Å². The van der Waals surface area contributed by atoms with Crippen molar-refractivity contribution in [2.45, 2.75) is 26.3 Å². The van der Waals surface area contributed by atoms with Crippen molar-refractivity contribution in [3.63, 3.8) is 0 Å². The second kappa shape index (κ2) is 3.09. The van der Waals surface area contributed by atoms with Crippen molar-refractivity contribution in [2.24, 2.45) is 5.92 Å². The van der Waals surface area contributed by atoms with Crippen molar-refractivity contribution in [1.29, 1.82) is 0 Å². The van der Waals surface area contributed by atoms with Crippen molar-refractivity contribution in [2.75, 3.05) is 11.9 Å². The van der Waals surface area contributed by atoms with Gasteiger partial charge in [0.15, 0.2) is 5.78 Å². The van der Waals surface area contributed by atoms with Gasteiger partial charge in [0.25, 0.3) is 0 Å². The van der Waals surface area contributed by atoms with E-state index in [9.17, 15) is 4.79 Å². The highest BCUT2D eigenvalue weighted by Gasteiger charge is 2.41. The molecule has 1 atom stereocenters. The summed E-state index contributed by atoms with van der Waals surface area (Å²) in [5.41, 5.74) is 1.79. The molecular weight excluding hydrogens is 186 g/mol. The summed E-state index contributed by atoms with van der Waals surface area (Å²) in [5, 5.41) is 0. The maximum atomic E-state index is 12.2. The molecule has 0 saturated heterocycles. The van der Waals surface area contributed by atoms with Gasteiger partial charge < -0.3 is 4.90 Å². The average Bonchev–Trinajstić information content (AvgIpc) is 2.24. The van der Waals surface area contributed by atoms with Gasteiger partial charge in [-0.1, -0.05) is 19.1 Å². The molecule has 0 fully saturated rings. The van der Waals surface area contributed by atoms with Crippen LogP contribution in [0.5, 0.6) is 0 Å². The van der Waals surface area contributed by atoms with Gasteiger partial charge in [-0.2, -0.15) is 0 Å². The van der Waals surface area contributed by atoms with E-state index in [0.717, 1.165) is 11.3 Å². The highest BCUT2D eigenvalue weighted by atomic mass is 16.1. The molecule has 0 amide bonds. The maximum absolute atomic E-state index is 12.2. The second-order valence-electron chi connectivity index (χ2n) is 4.82. The van der Waals surface area contributed by atoms with Crippen LogP contribution in [0.1, 0.15) is 31.1 Å². The number of Topliss-reactive ketones (excluding diaryl/α,β-unsaturated/α-hetero) is 1. The Bertz CT molecular complexity index is 409. The number of carbonyl (C=O) groups excluding carboxylic acids is 1. The van der Waals surface area contributed by atoms with E-state index in [-0.39, 0.29) is 17.2 Å². The van der Waals surface area contributed by atoms with E-state index in [0.29, 0.717) is 0 Å². The van der Waals surface area contributed by atoms with Gasteiger partial charge in [0.1, 0.15) is 0 Å². The highest BCUT2D eigenvalue weighted by molar-refractivity contribution is 6.05. The molecule has 1 aliphatic heterocycles. The molecule has 1 aliphatic rings. The van der Waals surface area contributed by atoms with E-state index in [2.05, 4.69) is 25.8 Å². The molecule has 0 bridgehead atoms. The number of hydrogen-bond acceptors (Lipinski definition) is 2. The lowest BCUT2D eigenvalue weighted by Crippen LogP contribution is -2.53. The zero-order chi connectivity index (χ0) is 11.2. The Balaban J connectivity index is 2.63. The summed E-state index contributed by atoms with van der Waals surface area (Å²) in [7, 11) is 2.06. The van der Waals surface area contributed by atoms with Crippen LogP contribution in [0.25, 0.3) is 0 Å². The van der Waals surface area contributed by atoms with Gasteiger partial charge in [-0.25, -0.2) is 0 Å². The first-order chi connectivity index (χ1) is 6.96. The molecule has 0 aromatic heterocycles. The van der Waals surface area contributed by atoms with Gasteiger partial charge in [-0.05, 0) is 26.0 Å². The largest absolute Gasteiger partial charge is 0.368 e. The van der Waals surface area contributed by atoms with Crippen molar-refractivity contribution < 1.29 is 4.79 Å². The number of anilines is 1. The molecule has 1 aromatic carbocycles. The lowest BCUT2D eigenvalue weighted by atomic mass is 9.77. The molecule has 2 rings (SSSR count). The van der Waals surface area contributed by atoms with Gasteiger partial charge in [0, 0.05) is 29.8 Å². The summed E-state index contributed by atoms with van der Waals surface area (Å²) in [4.78, 5) is 14.4. The van der Waals surface area contributed by atoms with Crippen molar-refractivity contribution >= 4 is 11.5 Å². The first kappa shape index (κ1) is 10.2. The Morgan fingerprint density at radius 1 is 1.27 bits per heavy atom. The third-order valence-corrected chi connectivity index (χ3v) is 3.85. The second-order valence-corrected chi connectivity index (χ2v) is 4.82. The van der Waals surface area contributed by atoms with E-state index in [1.165, 1.54) is 0 Å². The molecule has 0 N–H and O–H groups in total. The summed E-state index contributed by atoms with van der Waals surface area (Å²) in [5.74, 6) is 0.297. The minimum absolute atomic E-state index is 0.0393.